The van der Waals surface area contributed by atoms with Crippen LogP contribution in [0.2, 0.25) is 0 Å². The average Bonchev–Trinajstić information content (AvgIpc) is 3.85. The van der Waals surface area contributed by atoms with Crippen molar-refractivity contribution in [3.8, 4) is 33.4 Å². The minimum absolute atomic E-state index is 0.131. The normalized spacial score (nSPS) is 13.1. The Kier molecular flexibility index (Phi) is 6.80. The van der Waals surface area contributed by atoms with E-state index in [2.05, 4.69) is 195 Å². The molecule has 0 bridgehead atoms. The molecule has 1 aliphatic carbocycles. The third-order valence-electron chi connectivity index (χ3n) is 11.5. The van der Waals surface area contributed by atoms with E-state index in [9.17, 15) is 0 Å². The van der Waals surface area contributed by atoms with Gasteiger partial charge in [0.15, 0.2) is 0 Å². The van der Waals surface area contributed by atoms with E-state index < -0.39 is 0 Å². The molecule has 2 nitrogen and oxygen atoms in total. The fraction of sp³-hybridized carbons (Fsp3) is 0.0588. The first-order chi connectivity index (χ1) is 26.5. The third kappa shape index (κ3) is 4.65. The van der Waals surface area contributed by atoms with Crippen molar-refractivity contribution in [1.29, 1.82) is 0 Å². The summed E-state index contributed by atoms with van der Waals surface area (Å²) in [6.45, 7) is 4.71. The molecular weight excluding hydrogens is 675 g/mol. The van der Waals surface area contributed by atoms with Crippen LogP contribution < -0.4 is 4.90 Å². The Balaban J connectivity index is 1.14. The van der Waals surface area contributed by atoms with Gasteiger partial charge in [0, 0.05) is 59.4 Å². The van der Waals surface area contributed by atoms with Crippen molar-refractivity contribution in [2.24, 2.45) is 0 Å². The van der Waals surface area contributed by atoms with Gasteiger partial charge in [0.05, 0.1) is 5.69 Å². The van der Waals surface area contributed by atoms with Crippen molar-refractivity contribution < 1.29 is 4.42 Å². The lowest BCUT2D eigenvalue weighted by Crippen LogP contribution is -2.16. The van der Waals surface area contributed by atoms with Crippen LogP contribution in [-0.4, -0.2) is 0 Å². The fourth-order valence-corrected chi connectivity index (χ4v) is 10.0. The van der Waals surface area contributed by atoms with Crippen molar-refractivity contribution in [1.82, 2.24) is 0 Å². The minimum atomic E-state index is -0.131. The summed E-state index contributed by atoms with van der Waals surface area (Å²) >= 11 is 1.86. The Bertz CT molecular complexity index is 3090. The number of rotatable bonds is 5. The molecule has 11 rings (SSSR count). The second-order valence-electron chi connectivity index (χ2n) is 14.9. The number of hydrogen-bond donors (Lipinski definition) is 0. The molecule has 0 N–H and O–H groups in total. The summed E-state index contributed by atoms with van der Waals surface area (Å²) in [5, 5.41) is 4.83. The van der Waals surface area contributed by atoms with Gasteiger partial charge in [-0.3, -0.25) is 0 Å². The first-order valence-electron chi connectivity index (χ1n) is 18.6. The van der Waals surface area contributed by atoms with E-state index in [-0.39, 0.29) is 5.41 Å². The van der Waals surface area contributed by atoms with Crippen LogP contribution in [-0.2, 0) is 5.41 Å². The Labute approximate surface area is 318 Å². The highest BCUT2D eigenvalue weighted by molar-refractivity contribution is 7.25. The maximum atomic E-state index is 6.71. The molecule has 0 radical (unpaired) electrons. The van der Waals surface area contributed by atoms with Gasteiger partial charge in [-0.05, 0) is 93.5 Å². The molecule has 1 aliphatic rings. The second-order valence-corrected chi connectivity index (χ2v) is 16.0. The van der Waals surface area contributed by atoms with E-state index in [4.69, 9.17) is 4.42 Å². The highest BCUT2D eigenvalue weighted by Crippen LogP contribution is 2.52. The zero-order valence-corrected chi connectivity index (χ0v) is 30.8. The zero-order chi connectivity index (χ0) is 36.0. The van der Waals surface area contributed by atoms with Crippen LogP contribution in [0.5, 0.6) is 0 Å². The van der Waals surface area contributed by atoms with Crippen LogP contribution in [0.1, 0.15) is 25.0 Å². The SMILES string of the molecule is CC1(C)c2ccccc2-c2ccc(N(c3ccc4c(c3)oc3cc(-c5ccccc5)ccc34)c3ccccc3-c3cccc4sc5ccccc5c34)cc21. The lowest BCUT2D eigenvalue weighted by Gasteiger charge is -2.30. The summed E-state index contributed by atoms with van der Waals surface area (Å²) in [5.74, 6) is 0. The van der Waals surface area contributed by atoms with Gasteiger partial charge in [-0.1, -0.05) is 129 Å². The van der Waals surface area contributed by atoms with Gasteiger partial charge in [-0.25, -0.2) is 0 Å². The first kappa shape index (κ1) is 31.1. The summed E-state index contributed by atoms with van der Waals surface area (Å²) in [5.41, 5.74) is 15.0. The van der Waals surface area contributed by atoms with E-state index in [1.165, 1.54) is 59.1 Å². The summed E-state index contributed by atoms with van der Waals surface area (Å²) in [6.07, 6.45) is 0. The number of nitrogens with zero attached hydrogens (tertiary/aromatic N) is 1. The highest BCUT2D eigenvalue weighted by atomic mass is 32.1. The molecule has 0 saturated carbocycles. The molecule has 8 aromatic carbocycles. The Morgan fingerprint density at radius 2 is 1.09 bits per heavy atom. The van der Waals surface area contributed by atoms with Gasteiger partial charge in [-0.15, -0.1) is 11.3 Å². The van der Waals surface area contributed by atoms with Crippen LogP contribution >= 0.6 is 11.3 Å². The van der Waals surface area contributed by atoms with Crippen LogP contribution in [0, 0.1) is 0 Å². The van der Waals surface area contributed by atoms with Gasteiger partial charge >= 0.3 is 0 Å². The number of hydrogen-bond acceptors (Lipinski definition) is 3. The second kappa shape index (κ2) is 11.8. The Hall–Kier alpha value is -6.42. The Morgan fingerprint density at radius 3 is 1.98 bits per heavy atom. The van der Waals surface area contributed by atoms with Crippen molar-refractivity contribution in [2.75, 3.05) is 4.90 Å². The van der Waals surface area contributed by atoms with Crippen LogP contribution in [0.4, 0.5) is 17.1 Å². The van der Waals surface area contributed by atoms with Crippen molar-refractivity contribution in [3.63, 3.8) is 0 Å². The van der Waals surface area contributed by atoms with E-state index in [0.29, 0.717) is 0 Å². The monoisotopic (exact) mass is 709 g/mol. The van der Waals surface area contributed by atoms with Crippen molar-refractivity contribution in [3.05, 3.63) is 187 Å². The third-order valence-corrected chi connectivity index (χ3v) is 12.6. The maximum Gasteiger partial charge on any atom is 0.137 e. The minimum Gasteiger partial charge on any atom is -0.456 e. The standard InChI is InChI=1S/C51H35NOS/c1-51(2)43-19-9-6-15-36(43)37-27-24-34(30-44(37)51)52(35-25-28-40-39-26-23-33(32-13-4-3-5-14-32)29-46(39)53-47(40)31-35)45-20-10-7-16-38(45)41-18-12-22-49-50(41)42-17-8-11-21-48(42)54-49/h3-31H,1-2H3. The molecule has 0 amide bonds. The molecule has 0 fully saturated rings. The van der Waals surface area contributed by atoms with Crippen molar-refractivity contribution in [2.45, 2.75) is 19.3 Å². The highest BCUT2D eigenvalue weighted by Gasteiger charge is 2.36. The number of furan rings is 1. The maximum absolute atomic E-state index is 6.71. The van der Waals surface area contributed by atoms with Crippen LogP contribution in [0.15, 0.2) is 180 Å². The van der Waals surface area contributed by atoms with Gasteiger partial charge < -0.3 is 9.32 Å². The first-order valence-corrected chi connectivity index (χ1v) is 19.4. The molecular formula is C51H35NOS. The topological polar surface area (TPSA) is 16.4 Å². The number of fused-ring (bicyclic) bond motifs is 9. The van der Waals surface area contributed by atoms with E-state index in [0.717, 1.165) is 44.6 Å². The van der Waals surface area contributed by atoms with E-state index in [1.807, 2.05) is 11.3 Å². The largest absolute Gasteiger partial charge is 0.456 e. The van der Waals surface area contributed by atoms with Crippen LogP contribution in [0.25, 0.3) is 75.5 Å². The fourth-order valence-electron chi connectivity index (χ4n) is 8.87. The lowest BCUT2D eigenvalue weighted by atomic mass is 9.82. The molecule has 2 heterocycles. The summed E-state index contributed by atoms with van der Waals surface area (Å²) in [7, 11) is 0. The smallest absolute Gasteiger partial charge is 0.137 e. The zero-order valence-electron chi connectivity index (χ0n) is 30.0. The van der Waals surface area contributed by atoms with E-state index in [1.54, 1.807) is 0 Å². The van der Waals surface area contributed by atoms with Gasteiger partial charge in [0.1, 0.15) is 11.2 Å². The number of benzene rings is 8. The van der Waals surface area contributed by atoms with Gasteiger partial charge in [-0.2, -0.15) is 0 Å². The van der Waals surface area contributed by atoms with Gasteiger partial charge in [0.25, 0.3) is 0 Å². The van der Waals surface area contributed by atoms with Crippen LogP contribution in [0.3, 0.4) is 0 Å². The number of anilines is 3. The molecule has 0 spiro atoms. The lowest BCUT2D eigenvalue weighted by molar-refractivity contribution is 0.660. The molecule has 3 heteroatoms. The average molecular weight is 710 g/mol. The number of thiophene rings is 1. The molecule has 54 heavy (non-hydrogen) atoms. The molecule has 0 aliphatic heterocycles. The quantitative estimate of drug-likeness (QED) is 0.177. The summed E-state index contributed by atoms with van der Waals surface area (Å²) in [6, 6.07) is 64.1. The molecule has 256 valence electrons. The molecule has 0 saturated heterocycles. The summed E-state index contributed by atoms with van der Waals surface area (Å²) < 4.78 is 9.31. The summed E-state index contributed by atoms with van der Waals surface area (Å²) in [4.78, 5) is 2.43. The van der Waals surface area contributed by atoms with E-state index >= 15 is 0 Å². The predicted molar refractivity (Wildman–Crippen MR) is 230 cm³/mol. The molecule has 10 aromatic rings. The van der Waals surface area contributed by atoms with Gasteiger partial charge in [0.2, 0.25) is 0 Å². The van der Waals surface area contributed by atoms with Crippen molar-refractivity contribution >= 4 is 70.5 Å². The molecule has 0 unspecified atom stereocenters. The Morgan fingerprint density at radius 1 is 0.444 bits per heavy atom. The predicted octanol–water partition coefficient (Wildman–Crippen LogP) is 15.1. The number of para-hydroxylation sites is 1. The molecule has 2 aromatic heterocycles. The molecule has 0 atom stereocenters.